The van der Waals surface area contributed by atoms with Gasteiger partial charge in [0.05, 0.1) is 29.6 Å². The van der Waals surface area contributed by atoms with Crippen molar-refractivity contribution in [1.82, 2.24) is 4.98 Å². The van der Waals surface area contributed by atoms with Gasteiger partial charge < -0.3 is 15.4 Å². The third-order valence-corrected chi connectivity index (χ3v) is 3.91. The van der Waals surface area contributed by atoms with E-state index in [1.165, 1.54) is 13.3 Å². The van der Waals surface area contributed by atoms with E-state index >= 15 is 0 Å². The van der Waals surface area contributed by atoms with Crippen LogP contribution >= 0.6 is 0 Å². The fraction of sp³-hybridized carbons (Fsp3) is 0.0476. The van der Waals surface area contributed by atoms with Crippen LogP contribution in [0.2, 0.25) is 0 Å². The summed E-state index contributed by atoms with van der Waals surface area (Å²) in [5, 5.41) is 14.9. The fourth-order valence-corrected chi connectivity index (χ4v) is 2.54. The first-order valence-corrected chi connectivity index (χ1v) is 8.33. The van der Waals surface area contributed by atoms with Gasteiger partial charge in [0.1, 0.15) is 11.9 Å². The van der Waals surface area contributed by atoms with Gasteiger partial charge in [0.15, 0.2) is 0 Å². The first kappa shape index (κ1) is 18.6. The fourth-order valence-electron chi connectivity index (χ4n) is 2.54. The largest absolute Gasteiger partial charge is 0.465 e. The Hall–Kier alpha value is -4.18. The van der Waals surface area contributed by atoms with E-state index in [1.54, 1.807) is 60.7 Å². The van der Waals surface area contributed by atoms with Gasteiger partial charge >= 0.3 is 5.97 Å². The van der Waals surface area contributed by atoms with Crippen molar-refractivity contribution in [3.05, 3.63) is 83.6 Å². The second-order valence-electron chi connectivity index (χ2n) is 5.70. The number of nitriles is 1. The van der Waals surface area contributed by atoms with Gasteiger partial charge in [0.2, 0.25) is 0 Å². The molecule has 1 aromatic heterocycles. The molecule has 0 aliphatic carbocycles. The van der Waals surface area contributed by atoms with Gasteiger partial charge in [-0.15, -0.1) is 0 Å². The van der Waals surface area contributed by atoms with Crippen molar-refractivity contribution in [2.24, 2.45) is 0 Å². The summed E-state index contributed by atoms with van der Waals surface area (Å²) in [6.45, 7) is 0. The van der Waals surface area contributed by atoms with Crippen molar-refractivity contribution < 1.29 is 14.3 Å². The van der Waals surface area contributed by atoms with Crippen LogP contribution in [-0.2, 0) is 4.74 Å². The molecule has 3 aromatic rings. The van der Waals surface area contributed by atoms with Crippen molar-refractivity contribution in [2.45, 2.75) is 0 Å². The molecule has 2 aromatic carbocycles. The molecule has 1 amide bonds. The molecule has 138 valence electrons. The quantitative estimate of drug-likeness (QED) is 0.661. The number of rotatable bonds is 5. The lowest BCUT2D eigenvalue weighted by molar-refractivity contribution is 0.0601. The molecule has 0 unspecified atom stereocenters. The van der Waals surface area contributed by atoms with E-state index in [2.05, 4.69) is 15.6 Å². The highest BCUT2D eigenvalue weighted by Gasteiger charge is 2.13. The zero-order valence-corrected chi connectivity index (χ0v) is 15.0. The van der Waals surface area contributed by atoms with Crippen LogP contribution in [0, 0.1) is 11.3 Å². The summed E-state index contributed by atoms with van der Waals surface area (Å²) in [5.41, 5.74) is 2.01. The van der Waals surface area contributed by atoms with Crippen LogP contribution in [-0.4, -0.2) is 24.0 Å². The van der Waals surface area contributed by atoms with Crippen LogP contribution in [0.5, 0.6) is 0 Å². The number of nitrogens with zero attached hydrogens (tertiary/aromatic N) is 2. The van der Waals surface area contributed by atoms with Crippen LogP contribution in [0.3, 0.4) is 0 Å². The normalized spacial score (nSPS) is 9.86. The van der Waals surface area contributed by atoms with Gasteiger partial charge in [-0.05, 0) is 36.4 Å². The maximum absolute atomic E-state index is 12.6. The lowest BCUT2D eigenvalue weighted by Crippen LogP contribution is -2.13. The number of aromatic nitrogens is 1. The zero-order valence-electron chi connectivity index (χ0n) is 15.0. The molecular formula is C21H16N4O3. The number of nitrogens with one attached hydrogen (secondary N) is 2. The van der Waals surface area contributed by atoms with E-state index < -0.39 is 5.97 Å². The summed E-state index contributed by atoms with van der Waals surface area (Å²) >= 11 is 0. The van der Waals surface area contributed by atoms with E-state index in [0.29, 0.717) is 33.9 Å². The Labute approximate surface area is 161 Å². The van der Waals surface area contributed by atoms with Crippen LogP contribution in [0.1, 0.15) is 26.3 Å². The van der Waals surface area contributed by atoms with Crippen LogP contribution in [0.15, 0.2) is 66.9 Å². The monoisotopic (exact) mass is 372 g/mol. The average Bonchev–Trinajstić information content (AvgIpc) is 2.74. The maximum Gasteiger partial charge on any atom is 0.339 e. The minimum absolute atomic E-state index is 0.348. The molecule has 0 aliphatic rings. The SMILES string of the molecule is COC(=O)c1ccccc1Nc1cc(C(=O)Nc2ccccc2C#N)ccn1. The Morgan fingerprint density at radius 2 is 1.75 bits per heavy atom. The number of carbonyl (C=O) groups excluding carboxylic acids is 2. The molecule has 0 spiro atoms. The Morgan fingerprint density at radius 1 is 1.04 bits per heavy atom. The highest BCUT2D eigenvalue weighted by Crippen LogP contribution is 2.21. The standard InChI is InChI=1S/C21H16N4O3/c1-28-21(27)16-7-3-5-9-18(16)24-19-12-14(10-11-23-19)20(26)25-17-8-4-2-6-15(17)13-22/h2-12H,1H3,(H,23,24)(H,25,26). The first-order valence-electron chi connectivity index (χ1n) is 8.33. The third-order valence-electron chi connectivity index (χ3n) is 3.91. The number of para-hydroxylation sites is 2. The van der Waals surface area contributed by atoms with Crippen LogP contribution in [0.25, 0.3) is 0 Å². The van der Waals surface area contributed by atoms with Gasteiger partial charge in [0, 0.05) is 11.8 Å². The molecule has 7 nitrogen and oxygen atoms in total. The lowest BCUT2D eigenvalue weighted by atomic mass is 10.1. The van der Waals surface area contributed by atoms with Crippen molar-refractivity contribution in [3.63, 3.8) is 0 Å². The van der Waals surface area contributed by atoms with Gasteiger partial charge in [0.25, 0.3) is 5.91 Å². The maximum atomic E-state index is 12.6. The molecule has 0 atom stereocenters. The summed E-state index contributed by atoms with van der Waals surface area (Å²) < 4.78 is 4.77. The number of benzene rings is 2. The number of hydrogen-bond acceptors (Lipinski definition) is 6. The Morgan fingerprint density at radius 3 is 2.50 bits per heavy atom. The summed E-state index contributed by atoms with van der Waals surface area (Å²) in [5.74, 6) is -0.475. The number of methoxy groups -OCH3 is 1. The molecule has 0 aliphatic heterocycles. The molecule has 0 bridgehead atoms. The molecule has 3 rings (SSSR count). The van der Waals surface area contributed by atoms with Crippen molar-refractivity contribution in [3.8, 4) is 6.07 Å². The van der Waals surface area contributed by atoms with Gasteiger partial charge in [-0.3, -0.25) is 4.79 Å². The van der Waals surface area contributed by atoms with E-state index in [9.17, 15) is 9.59 Å². The van der Waals surface area contributed by atoms with Crippen molar-refractivity contribution in [1.29, 1.82) is 5.26 Å². The van der Waals surface area contributed by atoms with E-state index in [4.69, 9.17) is 10.00 Å². The molecule has 7 heteroatoms. The second-order valence-corrected chi connectivity index (χ2v) is 5.70. The molecular weight excluding hydrogens is 356 g/mol. The van der Waals surface area contributed by atoms with E-state index in [0.717, 1.165) is 0 Å². The number of ether oxygens (including phenoxy) is 1. The minimum atomic E-state index is -0.481. The van der Waals surface area contributed by atoms with Gasteiger partial charge in [-0.2, -0.15) is 5.26 Å². The van der Waals surface area contributed by atoms with E-state index in [1.807, 2.05) is 6.07 Å². The second kappa shape index (κ2) is 8.47. The summed E-state index contributed by atoms with van der Waals surface area (Å²) in [6, 6.07) is 18.7. The van der Waals surface area contributed by atoms with Crippen LogP contribution in [0.4, 0.5) is 17.2 Å². The predicted molar refractivity (Wildman–Crippen MR) is 104 cm³/mol. The summed E-state index contributed by atoms with van der Waals surface area (Å²) in [7, 11) is 1.31. The Balaban J connectivity index is 1.83. The van der Waals surface area contributed by atoms with Crippen LogP contribution < -0.4 is 10.6 Å². The lowest BCUT2D eigenvalue weighted by Gasteiger charge is -2.11. The van der Waals surface area contributed by atoms with Gasteiger partial charge in [-0.1, -0.05) is 24.3 Å². The summed E-state index contributed by atoms with van der Waals surface area (Å²) in [6.07, 6.45) is 1.48. The first-order chi connectivity index (χ1) is 13.6. The number of hydrogen-bond donors (Lipinski definition) is 2. The molecule has 2 N–H and O–H groups in total. The molecule has 1 heterocycles. The molecule has 0 saturated heterocycles. The average molecular weight is 372 g/mol. The number of anilines is 3. The summed E-state index contributed by atoms with van der Waals surface area (Å²) in [4.78, 5) is 28.6. The number of esters is 1. The molecule has 28 heavy (non-hydrogen) atoms. The third kappa shape index (κ3) is 4.14. The smallest absolute Gasteiger partial charge is 0.339 e. The van der Waals surface area contributed by atoms with Crippen molar-refractivity contribution in [2.75, 3.05) is 17.7 Å². The number of pyridine rings is 1. The van der Waals surface area contributed by atoms with Gasteiger partial charge in [-0.25, -0.2) is 9.78 Å². The topological polar surface area (TPSA) is 104 Å². The Kier molecular flexibility index (Phi) is 5.63. The molecule has 0 fully saturated rings. The van der Waals surface area contributed by atoms with Crippen molar-refractivity contribution >= 4 is 29.1 Å². The van der Waals surface area contributed by atoms with E-state index in [-0.39, 0.29) is 5.91 Å². The number of carbonyl (C=O) groups is 2. The predicted octanol–water partition coefficient (Wildman–Crippen LogP) is 3.74. The molecule has 0 saturated carbocycles. The zero-order chi connectivity index (χ0) is 19.9. The Bertz CT molecular complexity index is 1070. The highest BCUT2D eigenvalue weighted by molar-refractivity contribution is 6.05. The molecule has 0 radical (unpaired) electrons. The number of amides is 1. The minimum Gasteiger partial charge on any atom is -0.465 e. The highest BCUT2D eigenvalue weighted by atomic mass is 16.5.